The molecule has 0 unspecified atom stereocenters. The number of benzene rings is 2. The smallest absolute Gasteiger partial charge is 0.255 e. The Hall–Kier alpha value is -2.09. The number of carbonyl (C=O) groups is 1. The molecule has 2 aromatic carbocycles. The molecule has 1 saturated heterocycles. The lowest BCUT2D eigenvalue weighted by Crippen LogP contribution is -2.39. The molecule has 1 aliphatic rings. The molecular formula is C21H25ClN2O4S. The summed E-state index contributed by atoms with van der Waals surface area (Å²) in [5, 5.41) is 2.89. The number of hydrogen-bond donors (Lipinski definition) is 1. The molecule has 1 aliphatic heterocycles. The van der Waals surface area contributed by atoms with Gasteiger partial charge >= 0.3 is 0 Å². The normalized spacial score (nSPS) is 17.7. The Morgan fingerprint density at radius 3 is 2.76 bits per heavy atom. The van der Waals surface area contributed by atoms with E-state index in [1.807, 2.05) is 19.9 Å². The van der Waals surface area contributed by atoms with Gasteiger partial charge in [0.1, 0.15) is 10.6 Å². The minimum Gasteiger partial charge on any atom is -0.492 e. The summed E-state index contributed by atoms with van der Waals surface area (Å²) in [6.45, 7) is 5.27. The van der Waals surface area contributed by atoms with Crippen molar-refractivity contribution < 1.29 is 17.9 Å². The van der Waals surface area contributed by atoms with Crippen LogP contribution in [0.1, 0.15) is 37.0 Å². The van der Waals surface area contributed by atoms with E-state index in [0.29, 0.717) is 37.1 Å². The fourth-order valence-corrected chi connectivity index (χ4v) is 5.49. The lowest BCUT2D eigenvalue weighted by Gasteiger charge is -2.30. The van der Waals surface area contributed by atoms with E-state index in [0.717, 1.165) is 12.8 Å². The molecule has 2 aromatic rings. The third kappa shape index (κ3) is 4.91. The molecule has 1 N–H and O–H groups in total. The van der Waals surface area contributed by atoms with Crippen molar-refractivity contribution in [1.29, 1.82) is 0 Å². The lowest BCUT2D eigenvalue weighted by molar-refractivity contribution is 0.102. The van der Waals surface area contributed by atoms with Crippen LogP contribution in [-0.4, -0.2) is 38.3 Å². The first-order valence-corrected chi connectivity index (χ1v) is 11.5. The van der Waals surface area contributed by atoms with Crippen molar-refractivity contribution in [2.24, 2.45) is 5.92 Å². The van der Waals surface area contributed by atoms with Crippen LogP contribution in [0.5, 0.6) is 5.75 Å². The molecule has 0 saturated carbocycles. The number of piperidine rings is 1. The third-order valence-corrected chi connectivity index (χ3v) is 7.21. The molecule has 6 nitrogen and oxygen atoms in total. The maximum Gasteiger partial charge on any atom is 0.255 e. The number of nitrogens with one attached hydrogen (secondary N) is 1. The second-order valence-electron chi connectivity index (χ2n) is 7.14. The summed E-state index contributed by atoms with van der Waals surface area (Å²) < 4.78 is 33.2. The first-order valence-electron chi connectivity index (χ1n) is 9.65. The maximum absolute atomic E-state index is 13.1. The van der Waals surface area contributed by atoms with Crippen molar-refractivity contribution in [2.45, 2.75) is 31.6 Å². The molecular weight excluding hydrogens is 412 g/mol. The highest BCUT2D eigenvalue weighted by Gasteiger charge is 2.31. The van der Waals surface area contributed by atoms with Crippen LogP contribution in [0, 0.1) is 5.92 Å². The number of para-hydroxylation sites is 2. The van der Waals surface area contributed by atoms with Crippen LogP contribution >= 0.6 is 11.6 Å². The molecule has 1 amide bonds. The van der Waals surface area contributed by atoms with Crippen molar-refractivity contribution >= 4 is 33.2 Å². The number of ether oxygens (including phenoxy) is 1. The van der Waals surface area contributed by atoms with E-state index in [9.17, 15) is 13.2 Å². The van der Waals surface area contributed by atoms with Crippen LogP contribution < -0.4 is 10.1 Å². The molecule has 156 valence electrons. The maximum atomic E-state index is 13.1. The van der Waals surface area contributed by atoms with Crippen LogP contribution in [0.4, 0.5) is 5.69 Å². The highest BCUT2D eigenvalue weighted by Crippen LogP contribution is 2.30. The van der Waals surface area contributed by atoms with Gasteiger partial charge in [-0.25, -0.2) is 8.42 Å². The summed E-state index contributed by atoms with van der Waals surface area (Å²) in [6.07, 6.45) is 1.81. The number of anilines is 1. The van der Waals surface area contributed by atoms with Gasteiger partial charge in [0, 0.05) is 18.7 Å². The van der Waals surface area contributed by atoms with Crippen LogP contribution in [-0.2, 0) is 10.0 Å². The third-order valence-electron chi connectivity index (χ3n) is 4.87. The quantitative estimate of drug-likeness (QED) is 0.727. The van der Waals surface area contributed by atoms with Crippen molar-refractivity contribution in [3.05, 3.63) is 53.1 Å². The van der Waals surface area contributed by atoms with Gasteiger partial charge in [-0.3, -0.25) is 4.79 Å². The topological polar surface area (TPSA) is 75.7 Å². The zero-order chi connectivity index (χ0) is 21.0. The van der Waals surface area contributed by atoms with Crippen LogP contribution in [0.2, 0.25) is 5.02 Å². The van der Waals surface area contributed by atoms with Gasteiger partial charge in [0.25, 0.3) is 5.91 Å². The van der Waals surface area contributed by atoms with Crippen molar-refractivity contribution in [3.8, 4) is 5.75 Å². The van der Waals surface area contributed by atoms with E-state index in [-0.39, 0.29) is 15.5 Å². The number of sulfonamides is 1. The summed E-state index contributed by atoms with van der Waals surface area (Å²) in [4.78, 5) is 12.7. The molecule has 0 aliphatic carbocycles. The fraction of sp³-hybridized carbons (Fsp3) is 0.381. The van der Waals surface area contributed by atoms with Crippen LogP contribution in [0.25, 0.3) is 0 Å². The Bertz CT molecular complexity index is 994. The molecule has 1 fully saturated rings. The van der Waals surface area contributed by atoms with Gasteiger partial charge in [-0.15, -0.1) is 0 Å². The Morgan fingerprint density at radius 1 is 1.28 bits per heavy atom. The van der Waals surface area contributed by atoms with Gasteiger partial charge in [0.15, 0.2) is 0 Å². The van der Waals surface area contributed by atoms with Gasteiger partial charge < -0.3 is 10.1 Å². The Balaban J connectivity index is 1.88. The number of halogens is 1. The summed E-state index contributed by atoms with van der Waals surface area (Å²) in [5.41, 5.74) is 0.730. The molecule has 1 atom stereocenters. The SMILES string of the molecule is CCOc1ccccc1NC(=O)c1ccc(Cl)c(S(=O)(=O)N2CCC[C@@H](C)C2)c1. The number of nitrogens with zero attached hydrogens (tertiary/aromatic N) is 1. The van der Waals surface area contributed by atoms with Gasteiger partial charge in [0.05, 0.1) is 17.3 Å². The van der Waals surface area contributed by atoms with E-state index in [4.69, 9.17) is 16.3 Å². The number of rotatable bonds is 6. The molecule has 0 radical (unpaired) electrons. The van der Waals surface area contributed by atoms with Gasteiger partial charge in [-0.1, -0.05) is 30.7 Å². The van der Waals surface area contributed by atoms with E-state index >= 15 is 0 Å². The molecule has 0 spiro atoms. The van der Waals surface area contributed by atoms with Gasteiger partial charge in [-0.2, -0.15) is 4.31 Å². The standard InChI is InChI=1S/C21H25ClN2O4S/c1-3-28-19-9-5-4-8-18(19)23-21(25)16-10-11-17(22)20(13-16)29(26,27)24-12-6-7-15(2)14-24/h4-5,8-11,13,15H,3,6-7,12,14H2,1-2H3,(H,23,25)/t15-/m1/s1. The van der Waals surface area contributed by atoms with Crippen LogP contribution in [0.15, 0.2) is 47.4 Å². The monoisotopic (exact) mass is 436 g/mol. The Kier molecular flexibility index (Phi) is 6.82. The average Bonchev–Trinajstić information content (AvgIpc) is 2.70. The minimum atomic E-state index is -3.77. The zero-order valence-corrected chi connectivity index (χ0v) is 18.1. The van der Waals surface area contributed by atoms with E-state index in [1.165, 1.54) is 22.5 Å². The fourth-order valence-electron chi connectivity index (χ4n) is 3.39. The first kappa shape index (κ1) is 21.6. The molecule has 29 heavy (non-hydrogen) atoms. The lowest BCUT2D eigenvalue weighted by atomic mass is 10.0. The second kappa shape index (κ2) is 9.15. The molecule has 0 bridgehead atoms. The number of amides is 1. The summed E-state index contributed by atoms with van der Waals surface area (Å²) in [5.74, 6) is 0.406. The van der Waals surface area contributed by atoms with E-state index < -0.39 is 15.9 Å². The molecule has 1 heterocycles. The highest BCUT2D eigenvalue weighted by atomic mass is 35.5. The van der Waals surface area contributed by atoms with Crippen molar-refractivity contribution in [3.63, 3.8) is 0 Å². The largest absolute Gasteiger partial charge is 0.492 e. The predicted octanol–water partition coefficient (Wildman–Crippen LogP) is 4.41. The van der Waals surface area contributed by atoms with E-state index in [2.05, 4.69) is 5.32 Å². The van der Waals surface area contributed by atoms with Crippen LogP contribution in [0.3, 0.4) is 0 Å². The molecule has 3 rings (SSSR count). The number of hydrogen-bond acceptors (Lipinski definition) is 4. The summed E-state index contributed by atoms with van der Waals surface area (Å²) in [7, 11) is -3.77. The highest BCUT2D eigenvalue weighted by molar-refractivity contribution is 7.89. The number of carbonyl (C=O) groups excluding carboxylic acids is 1. The van der Waals surface area contributed by atoms with Gasteiger partial charge in [0.2, 0.25) is 10.0 Å². The molecule has 0 aromatic heterocycles. The summed E-state index contributed by atoms with van der Waals surface area (Å²) >= 11 is 6.21. The van der Waals surface area contributed by atoms with Gasteiger partial charge in [-0.05, 0) is 56.0 Å². The van der Waals surface area contributed by atoms with E-state index in [1.54, 1.807) is 18.2 Å². The predicted molar refractivity (Wildman–Crippen MR) is 114 cm³/mol. The molecule has 8 heteroatoms. The summed E-state index contributed by atoms with van der Waals surface area (Å²) in [6, 6.07) is 11.4. The Morgan fingerprint density at radius 2 is 2.03 bits per heavy atom. The average molecular weight is 437 g/mol. The Labute approximate surface area is 176 Å². The second-order valence-corrected chi connectivity index (χ2v) is 9.45. The van der Waals surface area contributed by atoms with Crippen molar-refractivity contribution in [1.82, 2.24) is 4.31 Å². The zero-order valence-electron chi connectivity index (χ0n) is 16.5. The van der Waals surface area contributed by atoms with Crippen molar-refractivity contribution in [2.75, 3.05) is 25.0 Å². The first-order chi connectivity index (χ1) is 13.8. The minimum absolute atomic E-state index is 0.0426.